The van der Waals surface area contributed by atoms with Crippen molar-refractivity contribution in [1.82, 2.24) is 30.1 Å². The molecular weight excluding hydrogens is 808 g/mol. The first-order chi connectivity index (χ1) is 28.2. The van der Waals surface area contributed by atoms with Gasteiger partial charge in [0.05, 0.1) is 48.8 Å². The number of benzene rings is 3. The molecule has 3 amide bonds. The number of allylic oxidation sites excluding steroid dienone is 1. The van der Waals surface area contributed by atoms with Gasteiger partial charge in [-0.3, -0.25) is 19.2 Å². The number of alkyl halides is 1. The monoisotopic (exact) mass is 854 g/mol. The lowest BCUT2D eigenvalue weighted by atomic mass is 9.70. The molecule has 4 heterocycles. The van der Waals surface area contributed by atoms with Crippen LogP contribution in [0.15, 0.2) is 110 Å². The Hall–Kier alpha value is -5.22. The van der Waals surface area contributed by atoms with E-state index in [0.29, 0.717) is 28.6 Å². The van der Waals surface area contributed by atoms with Crippen LogP contribution in [0.5, 0.6) is 0 Å². The molecule has 1 unspecified atom stereocenters. The molecule has 1 spiro atoms. The van der Waals surface area contributed by atoms with E-state index in [-0.39, 0.29) is 38.6 Å². The number of amides is 3. The number of ether oxygens (including phenoxy) is 3. The predicted molar refractivity (Wildman–Crippen MR) is 217 cm³/mol. The van der Waals surface area contributed by atoms with Crippen molar-refractivity contribution in [2.24, 2.45) is 11.8 Å². The number of hydrogen-bond donors (Lipinski definition) is 2. The van der Waals surface area contributed by atoms with Crippen LogP contribution in [0.25, 0.3) is 11.0 Å². The van der Waals surface area contributed by atoms with Gasteiger partial charge in [-0.15, -0.1) is 18.3 Å². The summed E-state index contributed by atoms with van der Waals surface area (Å²) in [5.74, 6) is -4.29. The first-order valence-corrected chi connectivity index (χ1v) is 20.2. The van der Waals surface area contributed by atoms with E-state index >= 15 is 9.59 Å². The van der Waals surface area contributed by atoms with Crippen LogP contribution < -0.4 is 5.32 Å². The van der Waals surface area contributed by atoms with E-state index < -0.39 is 77.0 Å². The maximum absolute atomic E-state index is 15.3. The Morgan fingerprint density at radius 2 is 1.74 bits per heavy atom. The molecule has 15 heteroatoms. The number of rotatable bonds is 18. The largest absolute Gasteiger partial charge is 0.455 e. The lowest BCUT2D eigenvalue weighted by molar-refractivity contribution is -0.163. The number of hydrogen-bond acceptors (Lipinski definition) is 10. The summed E-state index contributed by atoms with van der Waals surface area (Å²) >= 11 is 3.76. The van der Waals surface area contributed by atoms with Gasteiger partial charge in [0.15, 0.2) is 0 Å². The Morgan fingerprint density at radius 1 is 1.05 bits per heavy atom. The van der Waals surface area contributed by atoms with E-state index in [1.807, 2.05) is 36.4 Å². The Bertz CT molecular complexity index is 2140. The highest BCUT2D eigenvalue weighted by Crippen LogP contribution is 2.61. The van der Waals surface area contributed by atoms with Crippen molar-refractivity contribution < 1.29 is 38.5 Å². The summed E-state index contributed by atoms with van der Waals surface area (Å²) in [6.07, 6.45) is 2.24. The smallest absolute Gasteiger partial charge is 0.313 e. The summed E-state index contributed by atoms with van der Waals surface area (Å²) in [6.45, 7) is 7.19. The van der Waals surface area contributed by atoms with E-state index in [4.69, 9.17) is 14.2 Å². The number of aromatic nitrogens is 3. The molecule has 4 aromatic rings. The van der Waals surface area contributed by atoms with Crippen molar-refractivity contribution in [2.45, 2.75) is 66.7 Å². The zero-order valence-electron chi connectivity index (χ0n) is 32.1. The van der Waals surface area contributed by atoms with Crippen molar-refractivity contribution in [3.05, 3.63) is 121 Å². The normalized spacial score (nSPS) is 24.8. The minimum absolute atomic E-state index is 0.0183. The van der Waals surface area contributed by atoms with Crippen molar-refractivity contribution in [3.8, 4) is 0 Å². The van der Waals surface area contributed by atoms with Gasteiger partial charge in [0.1, 0.15) is 29.9 Å². The van der Waals surface area contributed by atoms with Crippen LogP contribution in [0.3, 0.4) is 0 Å². The fourth-order valence-electron chi connectivity index (χ4n) is 8.84. The molecule has 3 aliphatic heterocycles. The highest BCUT2D eigenvalue weighted by Gasteiger charge is 2.77. The summed E-state index contributed by atoms with van der Waals surface area (Å²) in [7, 11) is 1.49. The van der Waals surface area contributed by atoms with Crippen LogP contribution in [-0.4, -0.2) is 109 Å². The SMILES string of the molecule is C=CCCC(=O)N[C@H](COC)[C@H](OC(=O)[C@H]1[C@@H]2O[C@@]3(CC2Br)[C@@H]1C(=O)N([C@H](CO)c1ccccc1)[C@@H]3C(=O)N(CC=C)Cn1nnc2ccccc21)c1ccccc1. The van der Waals surface area contributed by atoms with E-state index in [9.17, 15) is 14.7 Å². The van der Waals surface area contributed by atoms with Crippen molar-refractivity contribution in [2.75, 3.05) is 26.9 Å². The number of likely N-dealkylation sites (tertiary alicyclic amines) is 1. The Kier molecular flexibility index (Phi) is 12.5. The van der Waals surface area contributed by atoms with Crippen LogP contribution in [0, 0.1) is 11.8 Å². The van der Waals surface area contributed by atoms with E-state index in [1.54, 1.807) is 65.4 Å². The number of para-hydroxylation sites is 1. The minimum atomic E-state index is -1.49. The Morgan fingerprint density at radius 3 is 2.41 bits per heavy atom. The molecule has 2 bridgehead atoms. The maximum atomic E-state index is 15.3. The van der Waals surface area contributed by atoms with E-state index in [2.05, 4.69) is 44.7 Å². The van der Waals surface area contributed by atoms with E-state index in [1.165, 1.54) is 16.9 Å². The molecule has 304 valence electrons. The summed E-state index contributed by atoms with van der Waals surface area (Å²) in [6, 6.07) is 22.3. The predicted octanol–water partition coefficient (Wildman–Crippen LogP) is 4.27. The first kappa shape index (κ1) is 41.0. The number of halogens is 1. The third kappa shape index (κ3) is 7.59. The molecule has 3 aromatic carbocycles. The average molecular weight is 856 g/mol. The highest BCUT2D eigenvalue weighted by molar-refractivity contribution is 9.09. The van der Waals surface area contributed by atoms with Gasteiger partial charge >= 0.3 is 5.97 Å². The zero-order chi connectivity index (χ0) is 41.0. The van der Waals surface area contributed by atoms with Gasteiger partial charge in [0.2, 0.25) is 17.7 Å². The molecule has 9 atom stereocenters. The summed E-state index contributed by atoms with van der Waals surface area (Å²) in [5.41, 5.74) is 1.07. The molecule has 0 aliphatic carbocycles. The number of carbonyl (C=O) groups is 4. The van der Waals surface area contributed by atoms with Crippen molar-refractivity contribution >= 4 is 50.7 Å². The number of nitrogens with zero attached hydrogens (tertiary/aromatic N) is 5. The fraction of sp³-hybridized carbons (Fsp3) is 0.395. The van der Waals surface area contributed by atoms with Gasteiger partial charge in [-0.1, -0.05) is 106 Å². The van der Waals surface area contributed by atoms with Gasteiger partial charge in [-0.2, -0.15) is 0 Å². The molecule has 1 aromatic heterocycles. The molecule has 7 rings (SSSR count). The van der Waals surface area contributed by atoms with Gasteiger partial charge in [-0.25, -0.2) is 4.68 Å². The molecular formula is C43H47BrN6O8. The van der Waals surface area contributed by atoms with Gasteiger partial charge in [-0.05, 0) is 36.1 Å². The lowest BCUT2D eigenvalue weighted by Crippen LogP contribution is -2.57. The van der Waals surface area contributed by atoms with Crippen LogP contribution in [0.2, 0.25) is 0 Å². The molecule has 14 nitrogen and oxygen atoms in total. The molecule has 0 radical (unpaired) electrons. The molecule has 3 fully saturated rings. The second-order valence-corrected chi connectivity index (χ2v) is 16.0. The molecule has 3 aliphatic rings. The third-order valence-electron chi connectivity index (χ3n) is 11.3. The molecule has 2 N–H and O–H groups in total. The number of esters is 1. The standard InChI is InChI=1S/C43H47BrN6O8/c1-4-6-21-34(52)45-31(25-56-3)37(28-17-11-8-12-18-28)57-42(55)35-36-40(53)50(33(24-51)27-15-9-7-10-16-27)39(43(36)23-29(44)38(35)58-43)41(54)48(22-5-2)26-49-32-20-14-13-19-30(32)46-47-49/h4-5,7-20,29,31,33,35-39,51H,1-2,6,21-26H2,3H3,(H,45,52)/t29?,31-,33-,35-,36+,37-,38-,39-,43+/m1/s1. The molecule has 58 heavy (non-hydrogen) atoms. The van der Waals surface area contributed by atoms with Gasteiger partial charge in [0, 0.05) is 24.9 Å². The molecule has 3 saturated heterocycles. The lowest BCUT2D eigenvalue weighted by Gasteiger charge is -2.39. The van der Waals surface area contributed by atoms with Crippen LogP contribution in [-0.2, 0) is 40.1 Å². The van der Waals surface area contributed by atoms with Crippen LogP contribution >= 0.6 is 15.9 Å². The Balaban J connectivity index is 1.28. The summed E-state index contributed by atoms with van der Waals surface area (Å²) in [4.78, 5) is 60.8. The zero-order valence-corrected chi connectivity index (χ0v) is 33.7. The average Bonchev–Trinajstić information content (AvgIpc) is 3.96. The number of methoxy groups -OCH3 is 1. The topological polar surface area (TPSA) is 165 Å². The van der Waals surface area contributed by atoms with Gasteiger partial charge in [0.25, 0.3) is 0 Å². The van der Waals surface area contributed by atoms with Crippen molar-refractivity contribution in [1.29, 1.82) is 0 Å². The summed E-state index contributed by atoms with van der Waals surface area (Å²) in [5, 5.41) is 22.5. The third-order valence-corrected chi connectivity index (χ3v) is 12.2. The van der Waals surface area contributed by atoms with Crippen LogP contribution in [0.1, 0.15) is 42.5 Å². The summed E-state index contributed by atoms with van der Waals surface area (Å²) < 4.78 is 20.3. The van der Waals surface area contributed by atoms with Crippen molar-refractivity contribution in [3.63, 3.8) is 0 Å². The molecule has 0 saturated carbocycles. The Labute approximate surface area is 344 Å². The minimum Gasteiger partial charge on any atom is -0.455 e. The number of carbonyl (C=O) groups excluding carboxylic acids is 4. The second kappa shape index (κ2) is 17.7. The fourth-order valence-corrected chi connectivity index (χ4v) is 9.78. The first-order valence-electron chi connectivity index (χ1n) is 19.3. The second-order valence-electron chi connectivity index (χ2n) is 14.8. The number of fused-ring (bicyclic) bond motifs is 2. The number of aliphatic hydroxyl groups is 1. The van der Waals surface area contributed by atoms with E-state index in [0.717, 1.165) is 0 Å². The maximum Gasteiger partial charge on any atom is 0.313 e. The van der Waals surface area contributed by atoms with Crippen LogP contribution in [0.4, 0.5) is 0 Å². The van der Waals surface area contributed by atoms with Gasteiger partial charge < -0.3 is 34.4 Å². The highest BCUT2D eigenvalue weighted by atomic mass is 79.9. The number of nitrogens with one attached hydrogen (secondary N) is 1. The quantitative estimate of drug-likeness (QED) is 0.0840. The number of aliphatic hydroxyl groups excluding tert-OH is 1.